The van der Waals surface area contributed by atoms with Crippen molar-refractivity contribution in [3.63, 3.8) is 0 Å². The van der Waals surface area contributed by atoms with Gasteiger partial charge in [-0.1, -0.05) is 38.1 Å². The van der Waals surface area contributed by atoms with Gasteiger partial charge in [-0.05, 0) is 48.2 Å². The average Bonchev–Trinajstić information content (AvgIpc) is 2.83. The number of ether oxygens (including phenoxy) is 5. The summed E-state index contributed by atoms with van der Waals surface area (Å²) >= 11 is 5.87. The van der Waals surface area contributed by atoms with Crippen molar-refractivity contribution in [3.05, 3.63) is 58.7 Å². The summed E-state index contributed by atoms with van der Waals surface area (Å²) in [7, 11) is 0. The SMILES string of the molecule is CC(=O)OC[C@H](COc1ccc(C(C)(C)c2ccc(OC[C@H](CCl)OC(C)=O)c(C)c2)cc1C)OC(C)=O. The Morgan fingerprint density at radius 1 is 0.737 bits per heavy atom. The minimum absolute atomic E-state index is 0.0547. The Bertz CT molecular complexity index is 1130. The fourth-order valence-corrected chi connectivity index (χ4v) is 3.99. The molecule has 0 aliphatic carbocycles. The van der Waals surface area contributed by atoms with Crippen LogP contribution in [0.1, 0.15) is 56.9 Å². The first-order valence-electron chi connectivity index (χ1n) is 12.3. The second-order valence-corrected chi connectivity index (χ2v) is 9.94. The van der Waals surface area contributed by atoms with Gasteiger partial charge < -0.3 is 23.7 Å². The van der Waals surface area contributed by atoms with Crippen molar-refractivity contribution in [1.82, 2.24) is 0 Å². The molecule has 0 heterocycles. The largest absolute Gasteiger partial charge is 0.489 e. The van der Waals surface area contributed by atoms with Gasteiger partial charge in [-0.15, -0.1) is 11.6 Å². The lowest BCUT2D eigenvalue weighted by Crippen LogP contribution is -2.30. The Hall–Kier alpha value is -3.26. The van der Waals surface area contributed by atoms with Crippen molar-refractivity contribution >= 4 is 29.5 Å². The van der Waals surface area contributed by atoms with Gasteiger partial charge in [0.2, 0.25) is 0 Å². The molecule has 208 valence electrons. The minimum Gasteiger partial charge on any atom is -0.489 e. The van der Waals surface area contributed by atoms with Crippen LogP contribution in [0.15, 0.2) is 36.4 Å². The Morgan fingerprint density at radius 2 is 1.18 bits per heavy atom. The molecule has 2 aromatic carbocycles. The van der Waals surface area contributed by atoms with E-state index in [1.807, 2.05) is 38.1 Å². The van der Waals surface area contributed by atoms with Gasteiger partial charge in [-0.25, -0.2) is 0 Å². The number of halogens is 1. The van der Waals surface area contributed by atoms with E-state index in [1.54, 1.807) is 0 Å². The third kappa shape index (κ3) is 9.24. The fraction of sp³-hybridized carbons (Fsp3) is 0.483. The van der Waals surface area contributed by atoms with Crippen molar-refractivity contribution in [2.45, 2.75) is 66.1 Å². The molecule has 0 fully saturated rings. The molecule has 0 spiro atoms. The highest BCUT2D eigenvalue weighted by molar-refractivity contribution is 6.18. The van der Waals surface area contributed by atoms with Crippen molar-refractivity contribution < 1.29 is 38.1 Å². The molecule has 2 atom stereocenters. The average molecular weight is 549 g/mol. The molecule has 2 aromatic rings. The van der Waals surface area contributed by atoms with E-state index in [1.165, 1.54) is 20.8 Å². The van der Waals surface area contributed by atoms with Crippen LogP contribution in [0.5, 0.6) is 11.5 Å². The van der Waals surface area contributed by atoms with Crippen LogP contribution in [0.3, 0.4) is 0 Å². The first-order chi connectivity index (χ1) is 17.8. The molecule has 0 N–H and O–H groups in total. The number of alkyl halides is 1. The number of hydrogen-bond acceptors (Lipinski definition) is 8. The second-order valence-electron chi connectivity index (χ2n) is 9.63. The van der Waals surface area contributed by atoms with Crippen LogP contribution in [0, 0.1) is 13.8 Å². The van der Waals surface area contributed by atoms with Gasteiger partial charge in [0, 0.05) is 26.2 Å². The van der Waals surface area contributed by atoms with E-state index < -0.39 is 30.1 Å². The highest BCUT2D eigenvalue weighted by atomic mass is 35.5. The summed E-state index contributed by atoms with van der Waals surface area (Å²) in [6.45, 7) is 12.3. The van der Waals surface area contributed by atoms with Gasteiger partial charge in [0.05, 0.1) is 5.88 Å². The van der Waals surface area contributed by atoms with Gasteiger partial charge in [0.25, 0.3) is 0 Å². The Kier molecular flexibility index (Phi) is 11.4. The van der Waals surface area contributed by atoms with Crippen LogP contribution < -0.4 is 9.47 Å². The molecule has 38 heavy (non-hydrogen) atoms. The van der Waals surface area contributed by atoms with Gasteiger partial charge in [0.1, 0.15) is 37.4 Å². The van der Waals surface area contributed by atoms with Gasteiger partial charge in [0.15, 0.2) is 6.10 Å². The third-order valence-electron chi connectivity index (χ3n) is 5.95. The number of carbonyl (C=O) groups is 3. The molecule has 0 radical (unpaired) electrons. The second kappa shape index (κ2) is 14.0. The van der Waals surface area contributed by atoms with Crippen LogP contribution in [0.4, 0.5) is 0 Å². The number of rotatable bonds is 13. The standard InChI is InChI=1S/C29H37ClO8/c1-18-12-23(8-10-27(18)35-15-25(14-30)37-21(4)32)29(6,7)24-9-11-28(19(2)13-24)36-17-26(38-22(5)33)16-34-20(3)31/h8-13,25-26H,14-17H2,1-7H3/t25-,26+/m0/s1. The predicted molar refractivity (Wildman–Crippen MR) is 144 cm³/mol. The molecule has 0 unspecified atom stereocenters. The van der Waals surface area contributed by atoms with E-state index in [0.29, 0.717) is 11.5 Å². The Balaban J connectivity index is 2.13. The highest BCUT2D eigenvalue weighted by Gasteiger charge is 2.25. The summed E-state index contributed by atoms with van der Waals surface area (Å²) in [5.41, 5.74) is 3.73. The van der Waals surface area contributed by atoms with Crippen molar-refractivity contribution in [2.75, 3.05) is 25.7 Å². The smallest absolute Gasteiger partial charge is 0.303 e. The Morgan fingerprint density at radius 3 is 1.58 bits per heavy atom. The van der Waals surface area contributed by atoms with Crippen molar-refractivity contribution in [1.29, 1.82) is 0 Å². The summed E-state index contributed by atoms with van der Waals surface area (Å²) in [4.78, 5) is 33.7. The lowest BCUT2D eigenvalue weighted by molar-refractivity contribution is -0.158. The number of esters is 3. The number of benzene rings is 2. The summed E-state index contributed by atoms with van der Waals surface area (Å²) < 4.78 is 27.1. The number of aryl methyl sites for hydroxylation is 2. The lowest BCUT2D eigenvalue weighted by Gasteiger charge is -2.28. The summed E-state index contributed by atoms with van der Waals surface area (Å²) in [6.07, 6.45) is -1.22. The molecule has 2 rings (SSSR count). The first-order valence-corrected chi connectivity index (χ1v) is 12.9. The van der Waals surface area contributed by atoms with E-state index in [9.17, 15) is 14.4 Å². The molecule has 0 aromatic heterocycles. The first kappa shape index (κ1) is 31.0. The molecule has 0 saturated carbocycles. The maximum absolute atomic E-state index is 11.4. The summed E-state index contributed by atoms with van der Waals surface area (Å²) in [6, 6.07) is 12.0. The van der Waals surface area contributed by atoms with Crippen LogP contribution in [0.2, 0.25) is 0 Å². The van der Waals surface area contributed by atoms with E-state index >= 15 is 0 Å². The number of hydrogen-bond donors (Lipinski definition) is 0. The summed E-state index contributed by atoms with van der Waals surface area (Å²) in [5.74, 6) is 0.162. The third-order valence-corrected chi connectivity index (χ3v) is 6.30. The van der Waals surface area contributed by atoms with Gasteiger partial charge in [-0.3, -0.25) is 14.4 Å². The molecule has 0 aliphatic heterocycles. The molecule has 0 bridgehead atoms. The molecular weight excluding hydrogens is 512 g/mol. The van der Waals surface area contributed by atoms with Crippen LogP contribution in [-0.2, 0) is 34.0 Å². The fourth-order valence-electron chi connectivity index (χ4n) is 3.84. The monoisotopic (exact) mass is 548 g/mol. The van der Waals surface area contributed by atoms with E-state index in [0.717, 1.165) is 22.3 Å². The number of carbonyl (C=O) groups excluding carboxylic acids is 3. The van der Waals surface area contributed by atoms with Gasteiger partial charge >= 0.3 is 17.9 Å². The zero-order chi connectivity index (χ0) is 28.5. The van der Waals surface area contributed by atoms with E-state index in [4.69, 9.17) is 35.3 Å². The topological polar surface area (TPSA) is 97.4 Å². The molecule has 9 heteroatoms. The minimum atomic E-state index is -0.704. The predicted octanol–water partition coefficient (Wildman–Crippen LogP) is 5.05. The van der Waals surface area contributed by atoms with Crippen LogP contribution >= 0.6 is 11.6 Å². The normalized spacial score (nSPS) is 12.7. The highest BCUT2D eigenvalue weighted by Crippen LogP contribution is 2.36. The van der Waals surface area contributed by atoms with Gasteiger partial charge in [-0.2, -0.15) is 0 Å². The lowest BCUT2D eigenvalue weighted by atomic mass is 9.77. The molecule has 8 nitrogen and oxygen atoms in total. The van der Waals surface area contributed by atoms with Crippen LogP contribution in [0.25, 0.3) is 0 Å². The zero-order valence-corrected chi connectivity index (χ0v) is 23.8. The van der Waals surface area contributed by atoms with Crippen molar-refractivity contribution in [3.8, 4) is 11.5 Å². The van der Waals surface area contributed by atoms with Crippen LogP contribution in [-0.4, -0.2) is 55.8 Å². The molecule has 0 amide bonds. The molecule has 0 aliphatic rings. The van der Waals surface area contributed by atoms with Crippen molar-refractivity contribution in [2.24, 2.45) is 0 Å². The Labute approximate surface area is 229 Å². The maximum Gasteiger partial charge on any atom is 0.303 e. The van der Waals surface area contributed by atoms with E-state index in [-0.39, 0.29) is 31.1 Å². The summed E-state index contributed by atoms with van der Waals surface area (Å²) in [5, 5.41) is 0. The zero-order valence-electron chi connectivity index (χ0n) is 23.1. The molecular formula is C29H37ClO8. The quantitative estimate of drug-likeness (QED) is 0.195. The van der Waals surface area contributed by atoms with E-state index in [2.05, 4.69) is 26.0 Å². The maximum atomic E-state index is 11.4. The molecule has 0 saturated heterocycles.